The topological polar surface area (TPSA) is 237 Å². The van der Waals surface area contributed by atoms with Crippen LogP contribution in [0.15, 0.2) is 0 Å². The standard InChI is InChI=1S/C59H114O17P2/c1-7-10-12-27-35-41-56(61)69-47-54(75-58(63)43-37-28-13-11-8-2)49-73-77(65,66)71-45-53(60)46-72-78(67,68)74-50-55(48-70-57(62)42-36-31-26-22-23-29-33-39-51(4)5)76-59(64)44-38-32-25-21-19-17-15-14-16-18-20-24-30-34-40-52(6)9-3/h51-55,60H,7-50H2,1-6H3,(H,65,66)(H,67,68)/t52?,53-,54+,55+/m0/s1. The number of hydrogen-bond donors (Lipinski definition) is 3. The van der Waals surface area contributed by atoms with Gasteiger partial charge in [-0.15, -0.1) is 0 Å². The summed E-state index contributed by atoms with van der Waals surface area (Å²) in [6.45, 7) is 9.27. The van der Waals surface area contributed by atoms with Crippen LogP contribution in [0.1, 0.15) is 286 Å². The molecule has 6 atom stereocenters. The monoisotopic (exact) mass is 1160 g/mol. The van der Waals surface area contributed by atoms with Gasteiger partial charge >= 0.3 is 39.5 Å². The summed E-state index contributed by atoms with van der Waals surface area (Å²) in [7, 11) is -9.86. The number of carbonyl (C=O) groups excluding carboxylic acids is 4. The second-order valence-corrected chi connectivity index (χ2v) is 25.0. The minimum atomic E-state index is -4.94. The first-order chi connectivity index (χ1) is 37.4. The minimum Gasteiger partial charge on any atom is -0.462 e. The van der Waals surface area contributed by atoms with Crippen LogP contribution in [0.3, 0.4) is 0 Å². The summed E-state index contributed by atoms with van der Waals surface area (Å²) in [6.07, 6.45) is 32.9. The lowest BCUT2D eigenvalue weighted by molar-refractivity contribution is -0.161. The highest BCUT2D eigenvalue weighted by molar-refractivity contribution is 7.47. The molecule has 0 rings (SSSR count). The number of aliphatic hydroxyl groups excluding tert-OH is 1. The zero-order valence-corrected chi connectivity index (χ0v) is 51.7. The van der Waals surface area contributed by atoms with Crippen LogP contribution in [0.25, 0.3) is 0 Å². The molecule has 0 aromatic carbocycles. The molecular weight excluding hydrogens is 1040 g/mol. The lowest BCUT2D eigenvalue weighted by Crippen LogP contribution is -2.30. The molecule has 0 aromatic heterocycles. The fraction of sp³-hybridized carbons (Fsp3) is 0.932. The van der Waals surface area contributed by atoms with E-state index in [1.54, 1.807) is 0 Å². The smallest absolute Gasteiger partial charge is 0.462 e. The summed E-state index contributed by atoms with van der Waals surface area (Å²) in [5, 5.41) is 10.5. The first kappa shape index (κ1) is 76.1. The van der Waals surface area contributed by atoms with E-state index in [-0.39, 0.29) is 25.7 Å². The summed E-state index contributed by atoms with van der Waals surface area (Å²) >= 11 is 0. The van der Waals surface area contributed by atoms with Crippen molar-refractivity contribution in [1.29, 1.82) is 0 Å². The van der Waals surface area contributed by atoms with Crippen LogP contribution < -0.4 is 0 Å². The molecule has 17 nitrogen and oxygen atoms in total. The van der Waals surface area contributed by atoms with Gasteiger partial charge in [-0.25, -0.2) is 9.13 Å². The second-order valence-electron chi connectivity index (χ2n) is 22.1. The van der Waals surface area contributed by atoms with E-state index in [0.717, 1.165) is 109 Å². The van der Waals surface area contributed by atoms with Gasteiger partial charge in [-0.3, -0.25) is 37.3 Å². The summed E-state index contributed by atoms with van der Waals surface area (Å²) in [6, 6.07) is 0. The third-order valence-electron chi connectivity index (χ3n) is 13.8. The third-order valence-corrected chi connectivity index (χ3v) is 15.7. The van der Waals surface area contributed by atoms with Crippen LogP contribution in [0.2, 0.25) is 0 Å². The Morgan fingerprint density at radius 3 is 0.974 bits per heavy atom. The summed E-state index contributed by atoms with van der Waals surface area (Å²) in [5.41, 5.74) is 0. The highest BCUT2D eigenvalue weighted by atomic mass is 31.2. The van der Waals surface area contributed by atoms with Gasteiger partial charge < -0.3 is 33.8 Å². The fourth-order valence-corrected chi connectivity index (χ4v) is 10.2. The summed E-state index contributed by atoms with van der Waals surface area (Å²) < 4.78 is 67.3. The summed E-state index contributed by atoms with van der Waals surface area (Å²) in [4.78, 5) is 71.4. The van der Waals surface area contributed by atoms with E-state index in [9.17, 15) is 43.2 Å². The van der Waals surface area contributed by atoms with E-state index in [0.29, 0.717) is 31.6 Å². The highest BCUT2D eigenvalue weighted by Gasteiger charge is 2.30. The van der Waals surface area contributed by atoms with Gasteiger partial charge in [-0.2, -0.15) is 0 Å². The molecule has 0 amide bonds. The van der Waals surface area contributed by atoms with Crippen molar-refractivity contribution in [3.05, 3.63) is 0 Å². The number of rotatable bonds is 58. The fourth-order valence-electron chi connectivity index (χ4n) is 8.61. The first-order valence-electron chi connectivity index (χ1n) is 31.0. The number of carbonyl (C=O) groups is 4. The van der Waals surface area contributed by atoms with Crippen LogP contribution in [-0.4, -0.2) is 96.7 Å². The van der Waals surface area contributed by atoms with E-state index >= 15 is 0 Å². The maximum atomic E-state index is 12.9. The number of phosphoric acid groups is 2. The quantitative estimate of drug-likeness (QED) is 0.0222. The number of unbranched alkanes of at least 4 members (excludes halogenated alkanes) is 27. The molecule has 0 aromatic rings. The maximum Gasteiger partial charge on any atom is 0.472 e. The van der Waals surface area contributed by atoms with E-state index in [4.69, 9.17) is 37.0 Å². The zero-order chi connectivity index (χ0) is 58.0. The molecule has 0 bridgehead atoms. The lowest BCUT2D eigenvalue weighted by Gasteiger charge is -2.21. The molecule has 78 heavy (non-hydrogen) atoms. The maximum absolute atomic E-state index is 12.9. The number of ether oxygens (including phenoxy) is 4. The Bertz CT molecular complexity index is 1550. The van der Waals surface area contributed by atoms with Gasteiger partial charge in [-0.05, 0) is 37.5 Å². The van der Waals surface area contributed by atoms with Crippen molar-refractivity contribution in [2.75, 3.05) is 39.6 Å². The van der Waals surface area contributed by atoms with Crippen LogP contribution in [0, 0.1) is 11.8 Å². The third kappa shape index (κ3) is 52.2. The molecule has 0 saturated carbocycles. The molecule has 0 aliphatic carbocycles. The lowest BCUT2D eigenvalue weighted by atomic mass is 9.99. The van der Waals surface area contributed by atoms with Gasteiger partial charge in [0.15, 0.2) is 12.2 Å². The van der Waals surface area contributed by atoms with E-state index < -0.39 is 97.5 Å². The SMILES string of the molecule is CCCCCCCC(=O)OC[C@H](COP(=O)(O)OC[C@H](O)COP(=O)(O)OC[C@@H](COC(=O)CCCCCCCCCC(C)C)OC(=O)CCCCCCCCCCCCCCCCC(C)CC)OC(=O)CCCCCCC. The Morgan fingerprint density at radius 2 is 0.654 bits per heavy atom. The molecule has 0 spiro atoms. The Balaban J connectivity index is 5.08. The largest absolute Gasteiger partial charge is 0.472 e. The van der Waals surface area contributed by atoms with Crippen LogP contribution >= 0.6 is 15.6 Å². The Hall–Kier alpha value is -1.94. The second kappa shape index (κ2) is 51.9. The van der Waals surface area contributed by atoms with E-state index in [1.807, 2.05) is 0 Å². The molecule has 0 aliphatic rings. The van der Waals surface area contributed by atoms with Crippen molar-refractivity contribution in [3.8, 4) is 0 Å². The molecule has 0 fully saturated rings. The van der Waals surface area contributed by atoms with E-state index in [1.165, 1.54) is 89.9 Å². The first-order valence-corrected chi connectivity index (χ1v) is 34.0. The van der Waals surface area contributed by atoms with Gasteiger partial charge in [0.25, 0.3) is 0 Å². The molecule has 0 heterocycles. The minimum absolute atomic E-state index is 0.0984. The normalized spacial score (nSPS) is 14.8. The molecule has 19 heteroatoms. The molecular formula is C59H114O17P2. The number of aliphatic hydroxyl groups is 1. The van der Waals surface area contributed by atoms with Crippen LogP contribution in [0.4, 0.5) is 0 Å². The van der Waals surface area contributed by atoms with Gasteiger partial charge in [0, 0.05) is 25.7 Å². The van der Waals surface area contributed by atoms with Crippen molar-refractivity contribution >= 4 is 39.5 Å². The van der Waals surface area contributed by atoms with Gasteiger partial charge in [-0.1, -0.05) is 234 Å². The molecule has 3 unspecified atom stereocenters. The average molecular weight is 1160 g/mol. The predicted molar refractivity (Wildman–Crippen MR) is 308 cm³/mol. The van der Waals surface area contributed by atoms with Gasteiger partial charge in [0.2, 0.25) is 0 Å². The predicted octanol–water partition coefficient (Wildman–Crippen LogP) is 15.7. The van der Waals surface area contributed by atoms with Crippen molar-refractivity contribution < 1.29 is 80.2 Å². The number of hydrogen-bond acceptors (Lipinski definition) is 15. The Labute approximate surface area is 473 Å². The van der Waals surface area contributed by atoms with Gasteiger partial charge in [0.1, 0.15) is 19.3 Å². The van der Waals surface area contributed by atoms with Crippen LogP contribution in [-0.2, 0) is 65.4 Å². The number of esters is 4. The van der Waals surface area contributed by atoms with Gasteiger partial charge in [0.05, 0.1) is 26.4 Å². The molecule has 0 saturated heterocycles. The van der Waals surface area contributed by atoms with Crippen molar-refractivity contribution in [3.63, 3.8) is 0 Å². The molecule has 0 radical (unpaired) electrons. The molecule has 462 valence electrons. The zero-order valence-electron chi connectivity index (χ0n) is 50.0. The van der Waals surface area contributed by atoms with Crippen molar-refractivity contribution in [2.45, 2.75) is 304 Å². The van der Waals surface area contributed by atoms with Crippen LogP contribution in [0.5, 0.6) is 0 Å². The van der Waals surface area contributed by atoms with Crippen molar-refractivity contribution in [1.82, 2.24) is 0 Å². The molecule has 3 N–H and O–H groups in total. The average Bonchev–Trinajstić information content (AvgIpc) is 3.40. The Kier molecular flexibility index (Phi) is 50.6. The summed E-state index contributed by atoms with van der Waals surface area (Å²) in [5.74, 6) is -0.613. The highest BCUT2D eigenvalue weighted by Crippen LogP contribution is 2.45. The van der Waals surface area contributed by atoms with E-state index in [2.05, 4.69) is 41.5 Å². The molecule has 0 aliphatic heterocycles. The van der Waals surface area contributed by atoms with Crippen molar-refractivity contribution in [2.24, 2.45) is 11.8 Å². The Morgan fingerprint density at radius 1 is 0.372 bits per heavy atom. The number of phosphoric ester groups is 2.